The molecule has 0 unspecified atom stereocenters. The van der Waals surface area contributed by atoms with Crippen molar-refractivity contribution in [3.63, 3.8) is 0 Å². The summed E-state index contributed by atoms with van der Waals surface area (Å²) in [4.78, 5) is 24.0. The lowest BCUT2D eigenvalue weighted by atomic mass is 10.2. The number of amides is 2. The van der Waals surface area contributed by atoms with E-state index in [-0.39, 0.29) is 22.9 Å². The third-order valence-corrected chi connectivity index (χ3v) is 5.47. The molecule has 2 amide bonds. The van der Waals surface area contributed by atoms with E-state index in [4.69, 9.17) is 0 Å². The van der Waals surface area contributed by atoms with Crippen molar-refractivity contribution in [1.82, 2.24) is 14.9 Å². The lowest BCUT2D eigenvalue weighted by Gasteiger charge is -2.11. The van der Waals surface area contributed by atoms with Crippen molar-refractivity contribution >= 4 is 21.8 Å². The Morgan fingerprint density at radius 2 is 1.54 bits per heavy atom. The molecule has 0 aliphatic rings. The SMILES string of the molecule is CN(C)S(=O)(=O)c1ccc(C(=O)NCC(=O)NCc2ccccc2)cc1. The maximum Gasteiger partial charge on any atom is 0.251 e. The second kappa shape index (κ2) is 8.59. The summed E-state index contributed by atoms with van der Waals surface area (Å²) in [6, 6.07) is 15.0. The fourth-order valence-electron chi connectivity index (χ4n) is 2.11. The molecule has 0 saturated carbocycles. The van der Waals surface area contributed by atoms with Gasteiger partial charge in [0.25, 0.3) is 5.91 Å². The number of carbonyl (C=O) groups excluding carboxylic acids is 2. The van der Waals surface area contributed by atoms with Crippen molar-refractivity contribution in [3.8, 4) is 0 Å². The number of sulfonamides is 1. The average Bonchev–Trinajstić information content (AvgIpc) is 2.65. The van der Waals surface area contributed by atoms with Crippen LogP contribution in [0.25, 0.3) is 0 Å². The maximum atomic E-state index is 12.1. The Labute approximate surface area is 153 Å². The van der Waals surface area contributed by atoms with E-state index < -0.39 is 15.9 Å². The van der Waals surface area contributed by atoms with Gasteiger partial charge in [-0.3, -0.25) is 9.59 Å². The predicted molar refractivity (Wildman–Crippen MR) is 97.9 cm³/mol. The third-order valence-electron chi connectivity index (χ3n) is 3.64. The number of nitrogens with zero attached hydrogens (tertiary/aromatic N) is 1. The van der Waals surface area contributed by atoms with Crippen LogP contribution in [0.2, 0.25) is 0 Å². The van der Waals surface area contributed by atoms with Gasteiger partial charge >= 0.3 is 0 Å². The molecule has 0 heterocycles. The van der Waals surface area contributed by atoms with E-state index in [1.807, 2.05) is 30.3 Å². The molecule has 0 fully saturated rings. The van der Waals surface area contributed by atoms with Crippen molar-refractivity contribution in [3.05, 3.63) is 65.7 Å². The zero-order valence-corrected chi connectivity index (χ0v) is 15.4. The van der Waals surface area contributed by atoms with Crippen molar-refractivity contribution in [1.29, 1.82) is 0 Å². The zero-order valence-electron chi connectivity index (χ0n) is 14.6. The van der Waals surface area contributed by atoms with Gasteiger partial charge in [0, 0.05) is 26.2 Å². The smallest absolute Gasteiger partial charge is 0.251 e. The highest BCUT2D eigenvalue weighted by Gasteiger charge is 2.17. The molecular formula is C18H21N3O4S. The largest absolute Gasteiger partial charge is 0.350 e. The summed E-state index contributed by atoms with van der Waals surface area (Å²) in [5.74, 6) is -0.761. The van der Waals surface area contributed by atoms with Gasteiger partial charge in [0.05, 0.1) is 11.4 Å². The summed E-state index contributed by atoms with van der Waals surface area (Å²) < 4.78 is 25.1. The number of hydrogen-bond donors (Lipinski definition) is 2. The van der Waals surface area contributed by atoms with E-state index in [1.165, 1.54) is 38.4 Å². The highest BCUT2D eigenvalue weighted by Crippen LogP contribution is 2.13. The topological polar surface area (TPSA) is 95.6 Å². The van der Waals surface area contributed by atoms with Gasteiger partial charge in [-0.05, 0) is 29.8 Å². The summed E-state index contributed by atoms with van der Waals surface area (Å²) in [6.45, 7) is 0.218. The van der Waals surface area contributed by atoms with Crippen LogP contribution in [0.1, 0.15) is 15.9 Å². The fourth-order valence-corrected chi connectivity index (χ4v) is 3.01. The molecule has 26 heavy (non-hydrogen) atoms. The summed E-state index contributed by atoms with van der Waals surface area (Å²) in [6.07, 6.45) is 0. The van der Waals surface area contributed by atoms with Gasteiger partial charge < -0.3 is 10.6 Å². The molecule has 7 nitrogen and oxygen atoms in total. The fraction of sp³-hybridized carbons (Fsp3) is 0.222. The summed E-state index contributed by atoms with van der Waals surface area (Å²) >= 11 is 0. The van der Waals surface area contributed by atoms with Crippen LogP contribution < -0.4 is 10.6 Å². The van der Waals surface area contributed by atoms with Gasteiger partial charge in [-0.2, -0.15) is 0 Å². The van der Waals surface area contributed by atoms with Crippen molar-refractivity contribution in [2.45, 2.75) is 11.4 Å². The van der Waals surface area contributed by atoms with E-state index in [9.17, 15) is 18.0 Å². The second-order valence-electron chi connectivity index (χ2n) is 5.76. The number of nitrogens with one attached hydrogen (secondary N) is 2. The van der Waals surface area contributed by atoms with Crippen molar-refractivity contribution < 1.29 is 18.0 Å². The molecule has 0 saturated heterocycles. The first-order chi connectivity index (χ1) is 12.3. The highest BCUT2D eigenvalue weighted by atomic mass is 32.2. The molecular weight excluding hydrogens is 354 g/mol. The Hall–Kier alpha value is -2.71. The molecule has 0 aliphatic heterocycles. The average molecular weight is 375 g/mol. The van der Waals surface area contributed by atoms with Crippen LogP contribution >= 0.6 is 0 Å². The molecule has 0 spiro atoms. The van der Waals surface area contributed by atoms with Gasteiger partial charge in [-0.1, -0.05) is 30.3 Å². The number of hydrogen-bond acceptors (Lipinski definition) is 4. The van der Waals surface area contributed by atoms with Crippen LogP contribution in [0.15, 0.2) is 59.5 Å². The normalized spacial score (nSPS) is 11.2. The standard InChI is InChI=1S/C18H21N3O4S/c1-21(2)26(24,25)16-10-8-15(9-11-16)18(23)20-13-17(22)19-12-14-6-4-3-5-7-14/h3-11H,12-13H2,1-2H3,(H,19,22)(H,20,23). The number of benzene rings is 2. The van der Waals surface area contributed by atoms with Crippen LogP contribution in [-0.4, -0.2) is 45.2 Å². The first-order valence-electron chi connectivity index (χ1n) is 7.92. The molecule has 0 atom stereocenters. The van der Waals surface area contributed by atoms with Gasteiger partial charge in [-0.15, -0.1) is 0 Å². The second-order valence-corrected chi connectivity index (χ2v) is 7.91. The number of rotatable bonds is 7. The van der Waals surface area contributed by atoms with Crippen molar-refractivity contribution in [2.24, 2.45) is 0 Å². The quantitative estimate of drug-likeness (QED) is 0.754. The molecule has 0 bridgehead atoms. The molecule has 2 N–H and O–H groups in total. The van der Waals surface area contributed by atoms with Gasteiger partial charge in [0.15, 0.2) is 0 Å². The summed E-state index contributed by atoms with van der Waals surface area (Å²) in [7, 11) is -0.672. The van der Waals surface area contributed by atoms with Crippen LogP contribution in [0.5, 0.6) is 0 Å². The highest BCUT2D eigenvalue weighted by molar-refractivity contribution is 7.89. The van der Waals surface area contributed by atoms with Crippen LogP contribution in [0.4, 0.5) is 0 Å². The first kappa shape index (κ1) is 19.6. The van der Waals surface area contributed by atoms with Crippen LogP contribution in [0, 0.1) is 0 Å². The Bertz CT molecular complexity index is 863. The zero-order chi connectivity index (χ0) is 19.2. The molecule has 0 radical (unpaired) electrons. The molecule has 2 aromatic rings. The van der Waals surface area contributed by atoms with E-state index in [0.717, 1.165) is 9.87 Å². The minimum Gasteiger partial charge on any atom is -0.350 e. The summed E-state index contributed by atoms with van der Waals surface area (Å²) in [5, 5.41) is 5.21. The lowest BCUT2D eigenvalue weighted by Crippen LogP contribution is -2.36. The Morgan fingerprint density at radius 1 is 0.923 bits per heavy atom. The minimum atomic E-state index is -3.54. The minimum absolute atomic E-state index is 0.0969. The molecule has 0 aromatic heterocycles. The Balaban J connectivity index is 1.87. The Morgan fingerprint density at radius 3 is 2.12 bits per heavy atom. The monoisotopic (exact) mass is 375 g/mol. The molecule has 2 rings (SSSR count). The van der Waals surface area contributed by atoms with E-state index in [1.54, 1.807) is 0 Å². The molecule has 2 aromatic carbocycles. The molecule has 8 heteroatoms. The van der Waals surface area contributed by atoms with E-state index in [0.29, 0.717) is 6.54 Å². The molecule has 138 valence electrons. The Kier molecular flexibility index (Phi) is 6.48. The first-order valence-corrected chi connectivity index (χ1v) is 9.36. The summed E-state index contributed by atoms with van der Waals surface area (Å²) in [5.41, 5.74) is 1.24. The van der Waals surface area contributed by atoms with Gasteiger partial charge in [0.1, 0.15) is 0 Å². The van der Waals surface area contributed by atoms with E-state index in [2.05, 4.69) is 10.6 Å². The number of carbonyl (C=O) groups is 2. The van der Waals surface area contributed by atoms with Gasteiger partial charge in [0.2, 0.25) is 15.9 Å². The van der Waals surface area contributed by atoms with Gasteiger partial charge in [-0.25, -0.2) is 12.7 Å². The van der Waals surface area contributed by atoms with E-state index >= 15 is 0 Å². The maximum absolute atomic E-state index is 12.1. The molecule has 0 aliphatic carbocycles. The third kappa shape index (κ3) is 5.14. The van der Waals surface area contributed by atoms with Crippen molar-refractivity contribution in [2.75, 3.05) is 20.6 Å². The lowest BCUT2D eigenvalue weighted by molar-refractivity contribution is -0.120. The van der Waals surface area contributed by atoms with Crippen LogP contribution in [0.3, 0.4) is 0 Å². The van der Waals surface area contributed by atoms with Crippen LogP contribution in [-0.2, 0) is 21.4 Å². The predicted octanol–water partition coefficient (Wildman–Crippen LogP) is 0.983.